The molecule has 1 saturated carbocycles. The standard InChI is InChI=1S/C5H8N2O/c1-3-2-4(3)5(8)7-6/h3-4,6H,2H2,1H3/t3-,4?/m0/s1. The highest BCUT2D eigenvalue weighted by atomic mass is 16.1. The molecule has 2 atom stereocenters. The molecule has 1 N–H and O–H groups in total. The maximum Gasteiger partial charge on any atom is 0.267 e. The predicted octanol–water partition coefficient (Wildman–Crippen LogP) is 1.20. The summed E-state index contributed by atoms with van der Waals surface area (Å²) in [5, 5.41) is 2.81. The molecule has 3 nitrogen and oxygen atoms in total. The van der Waals surface area contributed by atoms with E-state index < -0.39 is 0 Å². The highest BCUT2D eigenvalue weighted by Gasteiger charge is 2.38. The summed E-state index contributed by atoms with van der Waals surface area (Å²) >= 11 is 0. The summed E-state index contributed by atoms with van der Waals surface area (Å²) in [7, 11) is 0. The number of carbonyl (C=O) groups is 1. The molecular formula is C5H8N2O. The van der Waals surface area contributed by atoms with Crippen LogP contribution in [0.1, 0.15) is 13.3 Å². The number of nitrogens with zero attached hydrogens (tertiary/aromatic N) is 1. The highest BCUT2D eigenvalue weighted by Crippen LogP contribution is 2.38. The Kier molecular flexibility index (Phi) is 1.12. The zero-order chi connectivity index (χ0) is 6.15. The third kappa shape index (κ3) is 0.757. The van der Waals surface area contributed by atoms with Crippen LogP contribution in [0, 0.1) is 17.4 Å². The molecule has 1 rings (SSSR count). The average molecular weight is 112 g/mol. The van der Waals surface area contributed by atoms with Crippen LogP contribution in [0.5, 0.6) is 0 Å². The van der Waals surface area contributed by atoms with E-state index in [0.717, 1.165) is 6.42 Å². The second kappa shape index (κ2) is 1.65. The van der Waals surface area contributed by atoms with Crippen LogP contribution in [0.15, 0.2) is 5.11 Å². The molecular weight excluding hydrogens is 104 g/mol. The summed E-state index contributed by atoms with van der Waals surface area (Å²) in [5.41, 5.74) is 6.34. The van der Waals surface area contributed by atoms with Gasteiger partial charge >= 0.3 is 0 Å². The maximum absolute atomic E-state index is 10.4. The van der Waals surface area contributed by atoms with Gasteiger partial charge in [0, 0.05) is 5.92 Å². The molecule has 1 aliphatic rings. The summed E-state index contributed by atoms with van der Waals surface area (Å²) in [4.78, 5) is 10.4. The summed E-state index contributed by atoms with van der Waals surface area (Å²) in [6.45, 7) is 1.99. The minimum Gasteiger partial charge on any atom is -0.271 e. The topological polar surface area (TPSA) is 53.3 Å². The number of hydrogen-bond acceptors (Lipinski definition) is 2. The van der Waals surface area contributed by atoms with Gasteiger partial charge < -0.3 is 0 Å². The highest BCUT2D eigenvalue weighted by molar-refractivity contribution is 5.81. The summed E-state index contributed by atoms with van der Waals surface area (Å²) in [6.07, 6.45) is 0.932. The second-order valence-electron chi connectivity index (χ2n) is 2.27. The van der Waals surface area contributed by atoms with Crippen LogP contribution in [0.3, 0.4) is 0 Å². The molecule has 0 saturated heterocycles. The van der Waals surface area contributed by atoms with Crippen molar-refractivity contribution in [3.63, 3.8) is 0 Å². The molecule has 3 heteroatoms. The summed E-state index contributed by atoms with van der Waals surface area (Å²) in [5.74, 6) is 0.321. The minimum atomic E-state index is -0.252. The van der Waals surface area contributed by atoms with Gasteiger partial charge in [0.2, 0.25) is 0 Å². The average Bonchev–Trinajstić information content (AvgIpc) is 2.45. The van der Waals surface area contributed by atoms with Gasteiger partial charge in [0.15, 0.2) is 0 Å². The van der Waals surface area contributed by atoms with Crippen LogP contribution < -0.4 is 0 Å². The van der Waals surface area contributed by atoms with Crippen LogP contribution >= 0.6 is 0 Å². The Bertz CT molecular complexity index is 132. The van der Waals surface area contributed by atoms with E-state index in [1.165, 1.54) is 0 Å². The maximum atomic E-state index is 10.4. The molecule has 0 spiro atoms. The first-order valence-electron chi connectivity index (χ1n) is 2.67. The van der Waals surface area contributed by atoms with E-state index in [-0.39, 0.29) is 11.8 Å². The molecule has 0 bridgehead atoms. The monoisotopic (exact) mass is 112 g/mol. The molecule has 1 aliphatic carbocycles. The van der Waals surface area contributed by atoms with Crippen LogP contribution in [-0.4, -0.2) is 5.91 Å². The first-order chi connectivity index (χ1) is 3.75. The lowest BCUT2D eigenvalue weighted by atomic mass is 10.3. The predicted molar refractivity (Wildman–Crippen MR) is 27.4 cm³/mol. The van der Waals surface area contributed by atoms with Crippen LogP contribution in [0.25, 0.3) is 0 Å². The van der Waals surface area contributed by atoms with E-state index in [0.29, 0.717) is 5.92 Å². The van der Waals surface area contributed by atoms with Gasteiger partial charge in [0.05, 0.1) is 0 Å². The Morgan fingerprint density at radius 2 is 2.38 bits per heavy atom. The molecule has 44 valence electrons. The number of amides is 1. The number of nitrogens with one attached hydrogen (secondary N) is 1. The third-order valence-electron chi connectivity index (χ3n) is 1.54. The van der Waals surface area contributed by atoms with E-state index >= 15 is 0 Å². The van der Waals surface area contributed by atoms with Gasteiger partial charge in [-0.05, 0) is 12.3 Å². The van der Waals surface area contributed by atoms with E-state index in [4.69, 9.17) is 5.53 Å². The van der Waals surface area contributed by atoms with E-state index in [9.17, 15) is 4.79 Å². The van der Waals surface area contributed by atoms with Crippen molar-refractivity contribution in [1.29, 1.82) is 5.53 Å². The Morgan fingerprint density at radius 1 is 1.88 bits per heavy atom. The van der Waals surface area contributed by atoms with Gasteiger partial charge in [-0.15, -0.1) is 5.11 Å². The largest absolute Gasteiger partial charge is 0.271 e. The van der Waals surface area contributed by atoms with Crippen molar-refractivity contribution < 1.29 is 4.79 Å². The quantitative estimate of drug-likeness (QED) is 0.509. The van der Waals surface area contributed by atoms with Crippen molar-refractivity contribution in [1.82, 2.24) is 0 Å². The molecule has 0 aromatic heterocycles. The van der Waals surface area contributed by atoms with Gasteiger partial charge in [-0.3, -0.25) is 4.79 Å². The summed E-state index contributed by atoms with van der Waals surface area (Å²) < 4.78 is 0. The SMILES string of the molecule is C[C@H]1CC1C(=O)N=N. The van der Waals surface area contributed by atoms with E-state index in [1.54, 1.807) is 0 Å². The van der Waals surface area contributed by atoms with Crippen molar-refractivity contribution in [3.05, 3.63) is 0 Å². The molecule has 8 heavy (non-hydrogen) atoms. The molecule has 1 amide bonds. The van der Waals surface area contributed by atoms with Crippen molar-refractivity contribution in [2.45, 2.75) is 13.3 Å². The Hall–Kier alpha value is -0.730. The van der Waals surface area contributed by atoms with Crippen molar-refractivity contribution in [2.24, 2.45) is 17.0 Å². The summed E-state index contributed by atoms with van der Waals surface area (Å²) in [6, 6.07) is 0. The molecule has 0 heterocycles. The lowest BCUT2D eigenvalue weighted by Crippen LogP contribution is -1.94. The smallest absolute Gasteiger partial charge is 0.267 e. The zero-order valence-corrected chi connectivity index (χ0v) is 4.72. The molecule has 0 aromatic carbocycles. The van der Waals surface area contributed by atoms with Crippen molar-refractivity contribution >= 4 is 5.91 Å². The molecule has 0 aromatic rings. The molecule has 0 aliphatic heterocycles. The van der Waals surface area contributed by atoms with Gasteiger partial charge in [-0.25, -0.2) is 5.53 Å². The lowest BCUT2D eigenvalue weighted by Gasteiger charge is -1.80. The molecule has 0 radical (unpaired) electrons. The number of rotatable bonds is 1. The Balaban J connectivity index is 2.39. The molecule has 1 unspecified atom stereocenters. The zero-order valence-electron chi connectivity index (χ0n) is 4.72. The van der Waals surface area contributed by atoms with Gasteiger partial charge in [0.25, 0.3) is 5.91 Å². The lowest BCUT2D eigenvalue weighted by molar-refractivity contribution is -0.119. The minimum absolute atomic E-state index is 0.0903. The van der Waals surface area contributed by atoms with Crippen LogP contribution in [0.2, 0.25) is 0 Å². The van der Waals surface area contributed by atoms with E-state index in [1.807, 2.05) is 6.92 Å². The fourth-order valence-corrected chi connectivity index (χ4v) is 0.749. The Labute approximate surface area is 47.6 Å². The normalized spacial score (nSPS) is 34.1. The third-order valence-corrected chi connectivity index (χ3v) is 1.54. The van der Waals surface area contributed by atoms with E-state index in [2.05, 4.69) is 5.11 Å². The van der Waals surface area contributed by atoms with Crippen LogP contribution in [0.4, 0.5) is 0 Å². The van der Waals surface area contributed by atoms with Gasteiger partial charge in [-0.2, -0.15) is 0 Å². The first-order valence-corrected chi connectivity index (χ1v) is 2.67. The number of carbonyl (C=O) groups excluding carboxylic acids is 1. The number of hydrogen-bond donors (Lipinski definition) is 1. The van der Waals surface area contributed by atoms with Crippen LogP contribution in [-0.2, 0) is 4.79 Å². The van der Waals surface area contributed by atoms with Gasteiger partial charge in [-0.1, -0.05) is 6.92 Å². The fourth-order valence-electron chi connectivity index (χ4n) is 0.749. The van der Waals surface area contributed by atoms with Crippen molar-refractivity contribution in [3.8, 4) is 0 Å². The van der Waals surface area contributed by atoms with Crippen molar-refractivity contribution in [2.75, 3.05) is 0 Å². The Morgan fingerprint density at radius 3 is 2.50 bits per heavy atom. The second-order valence-corrected chi connectivity index (χ2v) is 2.27. The fraction of sp³-hybridized carbons (Fsp3) is 0.800. The van der Waals surface area contributed by atoms with Gasteiger partial charge in [0.1, 0.15) is 0 Å². The molecule has 1 fully saturated rings. The first kappa shape index (κ1) is 5.41.